The Hall–Kier alpha value is -2.21. The van der Waals surface area contributed by atoms with Gasteiger partial charge in [0.2, 0.25) is 0 Å². The Bertz CT molecular complexity index is 833. The van der Waals surface area contributed by atoms with E-state index in [2.05, 4.69) is 6.58 Å². The Morgan fingerprint density at radius 2 is 2.00 bits per heavy atom. The van der Waals surface area contributed by atoms with Crippen LogP contribution in [0.15, 0.2) is 41.2 Å². The van der Waals surface area contributed by atoms with E-state index in [1.807, 2.05) is 45.0 Å². The maximum absolute atomic E-state index is 12.8. The molecule has 0 unspecified atom stereocenters. The maximum atomic E-state index is 12.8. The summed E-state index contributed by atoms with van der Waals surface area (Å²) in [6.07, 6.45) is 0.749. The second kappa shape index (κ2) is 7.57. The largest absolute Gasteiger partial charge is 0.383 e. The van der Waals surface area contributed by atoms with Crippen molar-refractivity contribution in [2.75, 3.05) is 11.5 Å². The average molecular weight is 345 g/mol. The Morgan fingerprint density at radius 1 is 1.33 bits per heavy atom. The number of thioether (sulfide) groups is 1. The molecule has 1 aromatic carbocycles. The number of nitrogens with zero attached hydrogens (tertiary/aromatic N) is 2. The number of anilines is 1. The fraction of sp³-hybridized carbons (Fsp3) is 0.333. The highest BCUT2D eigenvalue weighted by Gasteiger charge is 2.23. The summed E-state index contributed by atoms with van der Waals surface area (Å²) >= 11 is 1.15. The molecule has 2 aromatic rings. The molecule has 0 fully saturated rings. The first-order valence-corrected chi connectivity index (χ1v) is 8.85. The summed E-state index contributed by atoms with van der Waals surface area (Å²) in [6, 6.07) is 7.54. The number of carbonyl (C=O) groups is 1. The lowest BCUT2D eigenvalue weighted by atomic mass is 10.0. The molecular weight excluding hydrogens is 322 g/mol. The van der Waals surface area contributed by atoms with Crippen molar-refractivity contribution in [3.8, 4) is 11.1 Å². The van der Waals surface area contributed by atoms with Crippen LogP contribution in [0.25, 0.3) is 11.1 Å². The van der Waals surface area contributed by atoms with Crippen LogP contribution in [0, 0.1) is 6.92 Å². The summed E-state index contributed by atoms with van der Waals surface area (Å²) in [7, 11) is 0. The fourth-order valence-electron chi connectivity index (χ4n) is 2.53. The van der Waals surface area contributed by atoms with Gasteiger partial charge in [0.15, 0.2) is 0 Å². The van der Waals surface area contributed by atoms with E-state index in [0.717, 1.165) is 34.9 Å². The second-order valence-electron chi connectivity index (χ2n) is 5.73. The Labute approximate surface area is 146 Å². The molecule has 5 nitrogen and oxygen atoms in total. The molecule has 0 saturated carbocycles. The van der Waals surface area contributed by atoms with Crippen molar-refractivity contribution < 1.29 is 4.79 Å². The molecule has 6 heteroatoms. The van der Waals surface area contributed by atoms with Crippen molar-refractivity contribution in [1.82, 2.24) is 9.36 Å². The Kier molecular flexibility index (Phi) is 5.72. The van der Waals surface area contributed by atoms with E-state index in [1.54, 1.807) is 0 Å². The minimum Gasteiger partial charge on any atom is -0.383 e. The van der Waals surface area contributed by atoms with E-state index in [4.69, 9.17) is 5.73 Å². The minimum absolute atomic E-state index is 0.198. The van der Waals surface area contributed by atoms with Gasteiger partial charge in [0.25, 0.3) is 5.56 Å². The van der Waals surface area contributed by atoms with Gasteiger partial charge in [-0.15, -0.1) is 6.58 Å². The van der Waals surface area contributed by atoms with E-state index < -0.39 is 0 Å². The molecule has 0 aliphatic rings. The zero-order chi connectivity index (χ0) is 17.9. The molecule has 0 atom stereocenters. The monoisotopic (exact) mass is 345 g/mol. The smallest absolute Gasteiger partial charge is 0.306 e. The van der Waals surface area contributed by atoms with Gasteiger partial charge < -0.3 is 5.73 Å². The van der Waals surface area contributed by atoms with Crippen LogP contribution in [0.5, 0.6) is 0 Å². The molecule has 0 aliphatic heterocycles. The molecule has 0 saturated heterocycles. The molecular formula is C18H23N3O2S. The summed E-state index contributed by atoms with van der Waals surface area (Å²) in [5.41, 5.74) is 9.09. The third-order valence-corrected chi connectivity index (χ3v) is 4.64. The van der Waals surface area contributed by atoms with Crippen LogP contribution >= 0.6 is 11.8 Å². The Balaban J connectivity index is 2.49. The van der Waals surface area contributed by atoms with Crippen molar-refractivity contribution in [1.29, 1.82) is 0 Å². The minimum atomic E-state index is -0.243. The molecule has 0 spiro atoms. The van der Waals surface area contributed by atoms with Gasteiger partial charge in [-0.2, -0.15) is 4.68 Å². The lowest BCUT2D eigenvalue weighted by Gasteiger charge is -2.09. The highest BCUT2D eigenvalue weighted by atomic mass is 32.2. The van der Waals surface area contributed by atoms with E-state index in [1.165, 1.54) is 9.36 Å². The number of hydrogen-bond donors (Lipinski definition) is 1. The van der Waals surface area contributed by atoms with Crippen molar-refractivity contribution in [2.24, 2.45) is 0 Å². The molecule has 128 valence electrons. The van der Waals surface area contributed by atoms with E-state index in [-0.39, 0.29) is 16.6 Å². The van der Waals surface area contributed by atoms with Crippen LogP contribution in [0.1, 0.15) is 25.8 Å². The Morgan fingerprint density at radius 3 is 2.58 bits per heavy atom. The van der Waals surface area contributed by atoms with Crippen molar-refractivity contribution in [2.45, 2.75) is 33.7 Å². The van der Waals surface area contributed by atoms with E-state index in [0.29, 0.717) is 17.9 Å². The molecule has 1 heterocycles. The van der Waals surface area contributed by atoms with Gasteiger partial charge in [-0.25, -0.2) is 4.68 Å². The van der Waals surface area contributed by atoms with Crippen molar-refractivity contribution in [3.63, 3.8) is 0 Å². The predicted molar refractivity (Wildman–Crippen MR) is 102 cm³/mol. The number of rotatable bonds is 5. The average Bonchev–Trinajstić information content (AvgIpc) is 2.78. The molecule has 0 bridgehead atoms. The third kappa shape index (κ3) is 3.48. The van der Waals surface area contributed by atoms with Crippen molar-refractivity contribution >= 4 is 22.8 Å². The molecule has 24 heavy (non-hydrogen) atoms. The zero-order valence-electron chi connectivity index (χ0n) is 14.3. The van der Waals surface area contributed by atoms with Gasteiger partial charge in [0.05, 0.1) is 5.56 Å². The number of aryl methyl sites for hydroxylation is 1. The fourth-order valence-corrected chi connectivity index (χ4v) is 3.47. The predicted octanol–water partition coefficient (Wildman–Crippen LogP) is 3.89. The molecule has 0 radical (unpaired) electrons. The van der Waals surface area contributed by atoms with Gasteiger partial charge >= 0.3 is 5.24 Å². The van der Waals surface area contributed by atoms with Crippen molar-refractivity contribution in [3.05, 3.63) is 52.3 Å². The number of nitrogen functional groups attached to an aromatic ring is 1. The van der Waals surface area contributed by atoms with Crippen LogP contribution in [-0.4, -0.2) is 20.4 Å². The summed E-state index contributed by atoms with van der Waals surface area (Å²) in [6.45, 7) is 9.88. The standard InChI is InChI=1S/C18H23N3O2S/c1-5-20-17(22)15(14-9-7-6-8-13(14)4)16(19)21(20)18(23)24-11-10-12(2)3/h6-9H,2,5,10-11,19H2,1,3-4H3. The van der Waals surface area contributed by atoms with Gasteiger partial charge in [-0.05, 0) is 38.3 Å². The van der Waals surface area contributed by atoms with Gasteiger partial charge in [0.1, 0.15) is 5.82 Å². The molecule has 0 aliphatic carbocycles. The highest BCUT2D eigenvalue weighted by Crippen LogP contribution is 2.27. The topological polar surface area (TPSA) is 70.0 Å². The highest BCUT2D eigenvalue weighted by molar-refractivity contribution is 8.13. The van der Waals surface area contributed by atoms with E-state index in [9.17, 15) is 9.59 Å². The van der Waals surface area contributed by atoms with Crippen LogP contribution in [0.4, 0.5) is 10.6 Å². The van der Waals surface area contributed by atoms with Gasteiger partial charge in [-0.3, -0.25) is 9.59 Å². The molecule has 0 amide bonds. The quantitative estimate of drug-likeness (QED) is 0.835. The van der Waals surface area contributed by atoms with Crippen LogP contribution in [0.3, 0.4) is 0 Å². The zero-order valence-corrected chi connectivity index (χ0v) is 15.2. The lowest BCUT2D eigenvalue weighted by molar-refractivity contribution is 0.256. The SMILES string of the molecule is C=C(C)CCSC(=O)n1c(N)c(-c2ccccc2C)c(=O)n1CC. The number of hydrogen-bond acceptors (Lipinski definition) is 4. The number of allylic oxidation sites excluding steroid dienone is 1. The van der Waals surface area contributed by atoms with Crippen LogP contribution < -0.4 is 11.3 Å². The summed E-state index contributed by atoms with van der Waals surface area (Å²) in [5.74, 6) is 0.813. The number of aromatic nitrogens is 2. The normalized spacial score (nSPS) is 10.8. The van der Waals surface area contributed by atoms with E-state index >= 15 is 0 Å². The molecule has 2 rings (SSSR count). The summed E-state index contributed by atoms with van der Waals surface area (Å²) < 4.78 is 2.69. The van der Waals surface area contributed by atoms with Crippen LogP contribution in [0.2, 0.25) is 0 Å². The van der Waals surface area contributed by atoms with Crippen LogP contribution in [-0.2, 0) is 6.54 Å². The first-order chi connectivity index (χ1) is 11.4. The molecule has 1 aromatic heterocycles. The lowest BCUT2D eigenvalue weighted by Crippen LogP contribution is -2.26. The second-order valence-corrected chi connectivity index (χ2v) is 6.78. The number of nitrogens with two attached hydrogens (primary N) is 1. The number of carbonyl (C=O) groups excluding carboxylic acids is 1. The van der Waals surface area contributed by atoms with Gasteiger partial charge in [-0.1, -0.05) is 41.6 Å². The number of benzene rings is 1. The third-order valence-electron chi connectivity index (χ3n) is 3.82. The molecule has 2 N–H and O–H groups in total. The van der Waals surface area contributed by atoms with Gasteiger partial charge in [0, 0.05) is 12.3 Å². The summed E-state index contributed by atoms with van der Waals surface area (Å²) in [5, 5.41) is -0.243. The summed E-state index contributed by atoms with van der Waals surface area (Å²) in [4.78, 5) is 25.3. The first-order valence-electron chi connectivity index (χ1n) is 7.87. The maximum Gasteiger partial charge on any atom is 0.306 e. The first kappa shape index (κ1) is 18.1.